The Morgan fingerprint density at radius 2 is 1.95 bits per heavy atom. The molecule has 0 aliphatic rings. The first kappa shape index (κ1) is 13.4. The van der Waals surface area contributed by atoms with Crippen molar-refractivity contribution in [3.8, 4) is 6.07 Å². The van der Waals surface area contributed by atoms with E-state index in [1.54, 1.807) is 36.4 Å². The lowest BCUT2D eigenvalue weighted by molar-refractivity contribution is 0.191. The Balaban J connectivity index is 1.99. The van der Waals surface area contributed by atoms with Crippen molar-refractivity contribution in [3.05, 3.63) is 64.7 Å². The zero-order chi connectivity index (χ0) is 13.7. The van der Waals surface area contributed by atoms with Crippen LogP contribution in [0, 0.1) is 11.3 Å². The lowest BCUT2D eigenvalue weighted by atomic mass is 10.1. The molecule has 1 unspecified atom stereocenters. The molecule has 1 atom stereocenters. The van der Waals surface area contributed by atoms with E-state index < -0.39 is 6.10 Å². The highest BCUT2D eigenvalue weighted by atomic mass is 35.5. The number of nitriles is 1. The smallest absolute Gasteiger partial charge is 0.0991 e. The van der Waals surface area contributed by atoms with E-state index in [1.165, 1.54) is 0 Å². The van der Waals surface area contributed by atoms with E-state index in [-0.39, 0.29) is 0 Å². The Bertz CT molecular complexity index is 590. The van der Waals surface area contributed by atoms with Gasteiger partial charge in [-0.2, -0.15) is 5.26 Å². The maximum Gasteiger partial charge on any atom is 0.0991 e. The van der Waals surface area contributed by atoms with E-state index in [0.717, 1.165) is 11.3 Å². The summed E-state index contributed by atoms with van der Waals surface area (Å²) in [5.41, 5.74) is 2.16. The van der Waals surface area contributed by atoms with Crippen LogP contribution in [0.5, 0.6) is 0 Å². The van der Waals surface area contributed by atoms with Crippen LogP contribution in [0.15, 0.2) is 48.5 Å². The third-order valence-electron chi connectivity index (χ3n) is 2.74. The number of anilines is 1. The second-order valence-electron chi connectivity index (χ2n) is 4.14. The monoisotopic (exact) mass is 272 g/mol. The Morgan fingerprint density at radius 1 is 1.21 bits per heavy atom. The third kappa shape index (κ3) is 3.72. The fraction of sp³-hybridized carbons (Fsp3) is 0.133. The summed E-state index contributed by atoms with van der Waals surface area (Å²) in [6, 6.07) is 16.3. The highest BCUT2D eigenvalue weighted by molar-refractivity contribution is 6.30. The van der Waals surface area contributed by atoms with Gasteiger partial charge >= 0.3 is 0 Å². The minimum Gasteiger partial charge on any atom is -0.387 e. The summed E-state index contributed by atoms with van der Waals surface area (Å²) in [5.74, 6) is 0. The molecule has 3 nitrogen and oxygen atoms in total. The first-order valence-corrected chi connectivity index (χ1v) is 6.24. The zero-order valence-electron chi connectivity index (χ0n) is 10.2. The van der Waals surface area contributed by atoms with Crippen molar-refractivity contribution in [2.75, 3.05) is 11.9 Å². The molecular weight excluding hydrogens is 260 g/mol. The van der Waals surface area contributed by atoms with Crippen LogP contribution in [-0.4, -0.2) is 11.7 Å². The number of nitrogens with zero attached hydrogens (tertiary/aromatic N) is 1. The SMILES string of the molecule is N#Cc1cccc(C(O)CNc2ccc(Cl)cc2)c1. The van der Waals surface area contributed by atoms with Gasteiger partial charge in [0.1, 0.15) is 0 Å². The lowest BCUT2D eigenvalue weighted by Gasteiger charge is -2.13. The summed E-state index contributed by atoms with van der Waals surface area (Å²) in [4.78, 5) is 0. The van der Waals surface area contributed by atoms with Gasteiger partial charge in [-0.3, -0.25) is 0 Å². The Morgan fingerprint density at radius 3 is 2.63 bits per heavy atom. The number of rotatable bonds is 4. The van der Waals surface area contributed by atoms with Gasteiger partial charge in [0.05, 0.1) is 17.7 Å². The van der Waals surface area contributed by atoms with Crippen molar-refractivity contribution >= 4 is 17.3 Å². The highest BCUT2D eigenvalue weighted by Crippen LogP contribution is 2.17. The van der Waals surface area contributed by atoms with E-state index >= 15 is 0 Å². The molecule has 0 heterocycles. The third-order valence-corrected chi connectivity index (χ3v) is 3.00. The summed E-state index contributed by atoms with van der Waals surface area (Å²) in [7, 11) is 0. The largest absolute Gasteiger partial charge is 0.387 e. The molecule has 96 valence electrons. The first-order chi connectivity index (χ1) is 9.19. The van der Waals surface area contributed by atoms with Crippen molar-refractivity contribution in [1.82, 2.24) is 0 Å². The Labute approximate surface area is 117 Å². The second-order valence-corrected chi connectivity index (χ2v) is 4.58. The van der Waals surface area contributed by atoms with Gasteiger partial charge in [0.2, 0.25) is 0 Å². The van der Waals surface area contributed by atoms with E-state index in [4.69, 9.17) is 16.9 Å². The van der Waals surface area contributed by atoms with Gasteiger partial charge in [0.25, 0.3) is 0 Å². The number of nitrogens with one attached hydrogen (secondary N) is 1. The van der Waals surface area contributed by atoms with E-state index in [9.17, 15) is 5.11 Å². The van der Waals surface area contributed by atoms with Gasteiger partial charge in [0.15, 0.2) is 0 Å². The molecule has 0 amide bonds. The molecule has 0 bridgehead atoms. The molecule has 0 fully saturated rings. The number of benzene rings is 2. The number of hydrogen-bond donors (Lipinski definition) is 2. The molecule has 0 spiro atoms. The maximum absolute atomic E-state index is 10.1. The standard InChI is InChI=1S/C15H13ClN2O/c16-13-4-6-14(7-5-13)18-10-15(19)12-3-1-2-11(8-12)9-17/h1-8,15,18-19H,10H2. The molecule has 0 aromatic heterocycles. The van der Waals surface area contributed by atoms with E-state index in [0.29, 0.717) is 17.1 Å². The van der Waals surface area contributed by atoms with Crippen LogP contribution in [0.4, 0.5) is 5.69 Å². The average molecular weight is 273 g/mol. The fourth-order valence-electron chi connectivity index (χ4n) is 1.72. The van der Waals surface area contributed by atoms with Crippen LogP contribution in [0.2, 0.25) is 5.02 Å². The van der Waals surface area contributed by atoms with Crippen molar-refractivity contribution in [1.29, 1.82) is 5.26 Å². The molecule has 4 heteroatoms. The van der Waals surface area contributed by atoms with Crippen LogP contribution < -0.4 is 5.32 Å². The number of aliphatic hydroxyl groups excluding tert-OH is 1. The number of hydrogen-bond acceptors (Lipinski definition) is 3. The van der Waals surface area contributed by atoms with Gasteiger partial charge in [-0.25, -0.2) is 0 Å². The summed E-state index contributed by atoms with van der Waals surface area (Å²) >= 11 is 5.80. The molecule has 2 aromatic carbocycles. The molecular formula is C15H13ClN2O. The Kier molecular flexibility index (Phi) is 4.40. The summed E-state index contributed by atoms with van der Waals surface area (Å²) in [6.07, 6.45) is -0.663. The fourth-order valence-corrected chi connectivity index (χ4v) is 1.84. The molecule has 19 heavy (non-hydrogen) atoms. The minimum absolute atomic E-state index is 0.372. The first-order valence-electron chi connectivity index (χ1n) is 5.86. The number of halogens is 1. The van der Waals surface area contributed by atoms with Crippen LogP contribution in [0.25, 0.3) is 0 Å². The van der Waals surface area contributed by atoms with Crippen LogP contribution in [0.1, 0.15) is 17.2 Å². The molecule has 0 aliphatic carbocycles. The molecule has 0 saturated heterocycles. The molecule has 0 radical (unpaired) electrons. The van der Waals surface area contributed by atoms with Crippen LogP contribution >= 0.6 is 11.6 Å². The molecule has 0 aliphatic heterocycles. The van der Waals surface area contributed by atoms with Crippen molar-refractivity contribution in [2.24, 2.45) is 0 Å². The van der Waals surface area contributed by atoms with Gasteiger partial charge in [-0.05, 0) is 42.0 Å². The molecule has 2 aromatic rings. The van der Waals surface area contributed by atoms with Crippen LogP contribution in [0.3, 0.4) is 0 Å². The van der Waals surface area contributed by atoms with E-state index in [1.807, 2.05) is 12.1 Å². The summed E-state index contributed by atoms with van der Waals surface area (Å²) in [6.45, 7) is 0.372. The highest BCUT2D eigenvalue weighted by Gasteiger charge is 2.07. The predicted molar refractivity (Wildman–Crippen MR) is 76.1 cm³/mol. The topological polar surface area (TPSA) is 56.0 Å². The predicted octanol–water partition coefficient (Wildman–Crippen LogP) is 3.36. The quantitative estimate of drug-likeness (QED) is 0.897. The van der Waals surface area contributed by atoms with Gasteiger partial charge in [-0.1, -0.05) is 23.7 Å². The zero-order valence-corrected chi connectivity index (χ0v) is 10.9. The molecule has 0 saturated carbocycles. The molecule has 2 N–H and O–H groups in total. The average Bonchev–Trinajstić information content (AvgIpc) is 2.46. The molecule has 2 rings (SSSR count). The lowest BCUT2D eigenvalue weighted by Crippen LogP contribution is -2.12. The maximum atomic E-state index is 10.1. The summed E-state index contributed by atoms with van der Waals surface area (Å²) < 4.78 is 0. The van der Waals surface area contributed by atoms with Gasteiger partial charge in [-0.15, -0.1) is 0 Å². The normalized spacial score (nSPS) is 11.6. The van der Waals surface area contributed by atoms with Gasteiger partial charge < -0.3 is 10.4 Å². The van der Waals surface area contributed by atoms with Gasteiger partial charge in [0, 0.05) is 17.3 Å². The van der Waals surface area contributed by atoms with E-state index in [2.05, 4.69) is 11.4 Å². The van der Waals surface area contributed by atoms with Crippen molar-refractivity contribution in [3.63, 3.8) is 0 Å². The summed E-state index contributed by atoms with van der Waals surface area (Å²) in [5, 5.41) is 22.7. The Hall–Kier alpha value is -2.02. The number of aliphatic hydroxyl groups is 1. The van der Waals surface area contributed by atoms with Crippen molar-refractivity contribution < 1.29 is 5.11 Å². The second kappa shape index (κ2) is 6.24. The minimum atomic E-state index is -0.663. The van der Waals surface area contributed by atoms with Crippen LogP contribution in [-0.2, 0) is 0 Å². The van der Waals surface area contributed by atoms with Crippen molar-refractivity contribution in [2.45, 2.75) is 6.10 Å².